The van der Waals surface area contributed by atoms with Crippen molar-refractivity contribution in [3.63, 3.8) is 0 Å². The van der Waals surface area contributed by atoms with Gasteiger partial charge in [0, 0.05) is 11.6 Å². The quantitative estimate of drug-likeness (QED) is 0.873. The van der Waals surface area contributed by atoms with Crippen molar-refractivity contribution >= 4 is 11.6 Å². The highest BCUT2D eigenvalue weighted by molar-refractivity contribution is 6.30. The molecule has 0 saturated carbocycles. The van der Waals surface area contributed by atoms with Gasteiger partial charge >= 0.3 is 0 Å². The number of halogens is 1. The molecular formula is C13H18ClNO. The maximum absolute atomic E-state index is 5.91. The first kappa shape index (κ1) is 11.9. The zero-order chi connectivity index (χ0) is 11.2. The van der Waals surface area contributed by atoms with E-state index in [1.807, 2.05) is 24.3 Å². The average Bonchev–Trinajstić information content (AvgIpc) is 2.30. The van der Waals surface area contributed by atoms with E-state index in [-0.39, 0.29) is 0 Å². The molecule has 1 aromatic carbocycles. The predicted octanol–water partition coefficient (Wildman–Crippen LogP) is 2.86. The lowest BCUT2D eigenvalue weighted by Gasteiger charge is -2.22. The van der Waals surface area contributed by atoms with Crippen LogP contribution in [0.4, 0.5) is 0 Å². The van der Waals surface area contributed by atoms with E-state index in [4.69, 9.17) is 16.3 Å². The first-order valence-corrected chi connectivity index (χ1v) is 6.25. The van der Waals surface area contributed by atoms with Gasteiger partial charge in [0.25, 0.3) is 0 Å². The summed E-state index contributed by atoms with van der Waals surface area (Å²) in [5.41, 5.74) is 1.15. The van der Waals surface area contributed by atoms with Crippen LogP contribution in [0.3, 0.4) is 0 Å². The molecule has 0 spiro atoms. The second-order valence-corrected chi connectivity index (χ2v) is 4.79. The van der Waals surface area contributed by atoms with Crippen LogP contribution in [-0.2, 0) is 11.3 Å². The summed E-state index contributed by atoms with van der Waals surface area (Å²) in [7, 11) is 0. The summed E-state index contributed by atoms with van der Waals surface area (Å²) in [6, 6.07) is 7.85. The minimum atomic E-state index is 0.664. The van der Waals surface area contributed by atoms with E-state index in [9.17, 15) is 0 Å². The van der Waals surface area contributed by atoms with Crippen molar-refractivity contribution in [1.29, 1.82) is 0 Å². The molecule has 1 heterocycles. The lowest BCUT2D eigenvalue weighted by atomic mass is 10.0. The van der Waals surface area contributed by atoms with Crippen LogP contribution >= 0.6 is 11.6 Å². The van der Waals surface area contributed by atoms with Crippen LogP contribution in [0, 0.1) is 5.92 Å². The van der Waals surface area contributed by atoms with Crippen molar-refractivity contribution in [2.24, 2.45) is 5.92 Å². The third-order valence-electron chi connectivity index (χ3n) is 2.91. The van der Waals surface area contributed by atoms with Crippen molar-refractivity contribution in [3.05, 3.63) is 34.9 Å². The minimum absolute atomic E-state index is 0.664. The molecule has 1 N–H and O–H groups in total. The molecule has 16 heavy (non-hydrogen) atoms. The Kier molecular flexibility index (Phi) is 4.64. The molecule has 2 rings (SSSR count). The highest BCUT2D eigenvalue weighted by Gasteiger charge is 2.12. The highest BCUT2D eigenvalue weighted by atomic mass is 35.5. The summed E-state index contributed by atoms with van der Waals surface area (Å²) < 4.78 is 5.72. The molecule has 1 fully saturated rings. The fraction of sp³-hybridized carbons (Fsp3) is 0.538. The molecule has 1 saturated heterocycles. The molecule has 0 amide bonds. The molecule has 1 aromatic rings. The van der Waals surface area contributed by atoms with Gasteiger partial charge in [-0.1, -0.05) is 23.7 Å². The Morgan fingerprint density at radius 3 is 3.12 bits per heavy atom. The van der Waals surface area contributed by atoms with Crippen LogP contribution in [0.15, 0.2) is 24.3 Å². The number of nitrogens with one attached hydrogen (secondary N) is 1. The molecule has 0 radical (unpaired) electrons. The normalized spacial score (nSPS) is 20.9. The summed E-state index contributed by atoms with van der Waals surface area (Å²) in [5, 5.41) is 4.17. The van der Waals surface area contributed by atoms with Gasteiger partial charge in [0.2, 0.25) is 0 Å². The largest absolute Gasteiger partial charge is 0.376 e. The fourth-order valence-corrected chi connectivity index (χ4v) is 2.25. The molecule has 3 heteroatoms. The van der Waals surface area contributed by atoms with E-state index in [1.54, 1.807) is 0 Å². The van der Waals surface area contributed by atoms with Gasteiger partial charge in [0.05, 0.1) is 13.2 Å². The predicted molar refractivity (Wildman–Crippen MR) is 66.7 cm³/mol. The maximum atomic E-state index is 5.91. The Bertz CT molecular complexity index is 323. The summed E-state index contributed by atoms with van der Waals surface area (Å²) in [4.78, 5) is 0. The summed E-state index contributed by atoms with van der Waals surface area (Å²) in [6.45, 7) is 3.76. The van der Waals surface area contributed by atoms with Gasteiger partial charge in [0.15, 0.2) is 0 Å². The van der Waals surface area contributed by atoms with Crippen molar-refractivity contribution in [2.75, 3.05) is 19.7 Å². The first-order chi connectivity index (χ1) is 7.84. The van der Waals surface area contributed by atoms with Crippen LogP contribution < -0.4 is 5.32 Å². The van der Waals surface area contributed by atoms with E-state index in [1.165, 1.54) is 12.8 Å². The number of rotatable bonds is 4. The van der Waals surface area contributed by atoms with Crippen LogP contribution in [0.5, 0.6) is 0 Å². The van der Waals surface area contributed by atoms with Gasteiger partial charge < -0.3 is 10.1 Å². The Morgan fingerprint density at radius 1 is 1.44 bits per heavy atom. The lowest BCUT2D eigenvalue weighted by molar-refractivity contribution is 0.0783. The van der Waals surface area contributed by atoms with Crippen molar-refractivity contribution in [2.45, 2.75) is 19.4 Å². The second kappa shape index (κ2) is 6.24. The molecule has 1 aliphatic heterocycles. The van der Waals surface area contributed by atoms with E-state index in [0.29, 0.717) is 12.5 Å². The molecule has 2 nitrogen and oxygen atoms in total. The van der Waals surface area contributed by atoms with Crippen LogP contribution in [0.25, 0.3) is 0 Å². The minimum Gasteiger partial charge on any atom is -0.376 e. The Balaban J connectivity index is 1.71. The van der Waals surface area contributed by atoms with Crippen molar-refractivity contribution in [1.82, 2.24) is 5.32 Å². The summed E-state index contributed by atoms with van der Waals surface area (Å²) in [6.07, 6.45) is 2.55. The number of benzene rings is 1. The van der Waals surface area contributed by atoms with Gasteiger partial charge in [-0.25, -0.2) is 0 Å². The molecule has 0 unspecified atom stereocenters. The molecule has 0 bridgehead atoms. The molecular weight excluding hydrogens is 222 g/mol. The first-order valence-electron chi connectivity index (χ1n) is 5.87. The van der Waals surface area contributed by atoms with Crippen LogP contribution in [0.2, 0.25) is 5.02 Å². The van der Waals surface area contributed by atoms with Gasteiger partial charge in [0.1, 0.15) is 0 Å². The summed E-state index contributed by atoms with van der Waals surface area (Å²) >= 11 is 5.91. The molecule has 1 atom stereocenters. The smallest absolute Gasteiger partial charge is 0.0717 e. The molecule has 1 aliphatic rings. The van der Waals surface area contributed by atoms with Crippen LogP contribution in [-0.4, -0.2) is 19.7 Å². The summed E-state index contributed by atoms with van der Waals surface area (Å²) in [5.74, 6) is 0.674. The fourth-order valence-electron chi connectivity index (χ4n) is 2.04. The topological polar surface area (TPSA) is 21.3 Å². The van der Waals surface area contributed by atoms with Crippen LogP contribution in [0.1, 0.15) is 18.4 Å². The molecule has 88 valence electrons. The third-order valence-corrected chi connectivity index (χ3v) is 3.15. The van der Waals surface area contributed by atoms with Crippen molar-refractivity contribution < 1.29 is 4.74 Å². The van der Waals surface area contributed by atoms with E-state index < -0.39 is 0 Å². The maximum Gasteiger partial charge on any atom is 0.0717 e. The average molecular weight is 240 g/mol. The van der Waals surface area contributed by atoms with Gasteiger partial charge in [-0.3, -0.25) is 0 Å². The lowest BCUT2D eigenvalue weighted by Crippen LogP contribution is -2.32. The van der Waals surface area contributed by atoms with Gasteiger partial charge in [-0.05, 0) is 43.0 Å². The zero-order valence-electron chi connectivity index (χ0n) is 9.42. The van der Waals surface area contributed by atoms with Gasteiger partial charge in [-0.15, -0.1) is 0 Å². The number of piperidine rings is 1. The van der Waals surface area contributed by atoms with Gasteiger partial charge in [-0.2, -0.15) is 0 Å². The van der Waals surface area contributed by atoms with E-state index >= 15 is 0 Å². The molecule has 0 aliphatic carbocycles. The standard InChI is InChI=1S/C13H18ClNO/c14-13-5-1-3-11(7-13)9-16-10-12-4-2-6-15-8-12/h1,3,5,7,12,15H,2,4,6,8-10H2/t12-/m0/s1. The monoisotopic (exact) mass is 239 g/mol. The number of ether oxygens (including phenoxy) is 1. The van der Waals surface area contributed by atoms with E-state index in [2.05, 4.69) is 5.32 Å². The number of hydrogen-bond acceptors (Lipinski definition) is 2. The third kappa shape index (κ3) is 3.78. The number of hydrogen-bond donors (Lipinski definition) is 1. The van der Waals surface area contributed by atoms with Crippen molar-refractivity contribution in [3.8, 4) is 0 Å². The Hall–Kier alpha value is -0.570. The highest BCUT2D eigenvalue weighted by Crippen LogP contribution is 2.14. The Labute approximate surface area is 102 Å². The second-order valence-electron chi connectivity index (χ2n) is 4.36. The SMILES string of the molecule is Clc1cccc(COC[C@H]2CCCNC2)c1. The zero-order valence-corrected chi connectivity index (χ0v) is 10.2. The van der Waals surface area contributed by atoms with E-state index in [0.717, 1.165) is 30.3 Å². The Morgan fingerprint density at radius 2 is 2.38 bits per heavy atom. The molecule has 0 aromatic heterocycles.